The minimum atomic E-state index is 0.181. The van der Waals surface area contributed by atoms with Gasteiger partial charge in [-0.05, 0) is 29.0 Å². The van der Waals surface area contributed by atoms with Gasteiger partial charge < -0.3 is 5.11 Å². The molecule has 0 aliphatic heterocycles. The number of aliphatic hydroxyl groups is 1. The van der Waals surface area contributed by atoms with Gasteiger partial charge in [0, 0.05) is 24.6 Å². The van der Waals surface area contributed by atoms with Gasteiger partial charge in [-0.3, -0.25) is 4.98 Å². The number of hydrogen-bond acceptors (Lipinski definition) is 2. The van der Waals surface area contributed by atoms with Gasteiger partial charge in [-0.25, -0.2) is 0 Å². The number of aliphatic hydroxyl groups excluding tert-OH is 1. The Morgan fingerprint density at radius 2 is 1.60 bits per heavy atom. The Balaban J connectivity index is 2.01. The van der Waals surface area contributed by atoms with E-state index in [9.17, 15) is 0 Å². The van der Waals surface area contributed by atoms with Gasteiger partial charge in [0.1, 0.15) is 0 Å². The summed E-state index contributed by atoms with van der Waals surface area (Å²) in [5.41, 5.74) is 3.53. The molecule has 2 nitrogen and oxygen atoms in total. The van der Waals surface area contributed by atoms with Crippen molar-refractivity contribution in [3.05, 3.63) is 77.6 Å². The zero-order valence-corrected chi connectivity index (χ0v) is 11.3. The van der Waals surface area contributed by atoms with Crippen molar-refractivity contribution >= 4 is 10.8 Å². The molecule has 1 aromatic heterocycles. The lowest BCUT2D eigenvalue weighted by Gasteiger charge is -2.10. The molecule has 0 saturated carbocycles. The fraction of sp³-hybridized carbons (Fsp3) is 0.167. The second-order valence-electron chi connectivity index (χ2n) is 4.90. The molecule has 0 aliphatic rings. The van der Waals surface area contributed by atoms with E-state index in [0.717, 1.165) is 12.1 Å². The molecule has 2 heteroatoms. The lowest BCUT2D eigenvalue weighted by molar-refractivity contribution is 0.299. The van der Waals surface area contributed by atoms with Crippen molar-refractivity contribution in [2.75, 3.05) is 6.61 Å². The van der Waals surface area contributed by atoms with Crippen molar-refractivity contribution in [2.24, 2.45) is 0 Å². The average Bonchev–Trinajstić information content (AvgIpc) is 2.50. The number of benzene rings is 2. The van der Waals surface area contributed by atoms with Crippen LogP contribution in [0.5, 0.6) is 0 Å². The molecule has 1 heterocycles. The van der Waals surface area contributed by atoms with Gasteiger partial charge in [-0.2, -0.15) is 0 Å². The van der Waals surface area contributed by atoms with Crippen molar-refractivity contribution in [1.82, 2.24) is 4.98 Å². The van der Waals surface area contributed by atoms with E-state index in [-0.39, 0.29) is 6.61 Å². The molecule has 3 aromatic rings. The van der Waals surface area contributed by atoms with Crippen molar-refractivity contribution in [1.29, 1.82) is 0 Å². The predicted molar refractivity (Wildman–Crippen MR) is 81.8 cm³/mol. The Kier molecular flexibility index (Phi) is 3.75. The summed E-state index contributed by atoms with van der Waals surface area (Å²) in [5.74, 6) is 0. The molecule has 0 atom stereocenters. The highest BCUT2D eigenvalue weighted by Gasteiger charge is 2.06. The van der Waals surface area contributed by atoms with Crippen LogP contribution in [0.4, 0.5) is 0 Å². The summed E-state index contributed by atoms with van der Waals surface area (Å²) >= 11 is 0. The molecule has 0 spiro atoms. The molecule has 0 unspecified atom stereocenters. The Labute approximate surface area is 118 Å². The fourth-order valence-electron chi connectivity index (χ4n) is 2.60. The van der Waals surface area contributed by atoms with E-state index in [2.05, 4.69) is 29.2 Å². The highest BCUT2D eigenvalue weighted by atomic mass is 16.2. The Hall–Kier alpha value is -2.19. The van der Waals surface area contributed by atoms with Crippen LogP contribution in [0.15, 0.2) is 60.8 Å². The largest absolute Gasteiger partial charge is 0.396 e. The summed E-state index contributed by atoms with van der Waals surface area (Å²) < 4.78 is 0. The minimum Gasteiger partial charge on any atom is -0.396 e. The Morgan fingerprint density at radius 1 is 0.850 bits per heavy atom. The van der Waals surface area contributed by atoms with E-state index >= 15 is 0 Å². The van der Waals surface area contributed by atoms with E-state index in [1.807, 2.05) is 36.5 Å². The fourth-order valence-corrected chi connectivity index (χ4v) is 2.60. The highest BCUT2D eigenvalue weighted by Crippen LogP contribution is 2.21. The van der Waals surface area contributed by atoms with E-state index in [1.54, 1.807) is 0 Å². The zero-order chi connectivity index (χ0) is 13.8. The van der Waals surface area contributed by atoms with Crippen LogP contribution in [-0.2, 0) is 12.8 Å². The standard InChI is InChI=1S/C18H17NO/c20-12-10-14-5-1-2-7-16(14)13-18-17-8-4-3-6-15(17)9-11-19-18/h1-9,11,20H,10,12-13H2. The van der Waals surface area contributed by atoms with Crippen molar-refractivity contribution < 1.29 is 5.11 Å². The third-order valence-corrected chi connectivity index (χ3v) is 3.61. The number of rotatable bonds is 4. The number of fused-ring (bicyclic) bond motifs is 1. The van der Waals surface area contributed by atoms with Crippen LogP contribution < -0.4 is 0 Å². The van der Waals surface area contributed by atoms with Crippen LogP contribution in [0.3, 0.4) is 0 Å². The third kappa shape index (κ3) is 2.56. The van der Waals surface area contributed by atoms with Gasteiger partial charge in [-0.15, -0.1) is 0 Å². The molecule has 1 N–H and O–H groups in total. The molecular weight excluding hydrogens is 246 g/mol. The molecular formula is C18H17NO. The van der Waals surface area contributed by atoms with Crippen LogP contribution in [0.2, 0.25) is 0 Å². The molecule has 0 saturated heterocycles. The first kappa shape index (κ1) is 12.8. The molecule has 100 valence electrons. The summed E-state index contributed by atoms with van der Waals surface area (Å²) in [6.45, 7) is 0.181. The average molecular weight is 263 g/mol. The smallest absolute Gasteiger partial charge is 0.0525 e. The van der Waals surface area contributed by atoms with E-state index in [4.69, 9.17) is 5.11 Å². The van der Waals surface area contributed by atoms with Gasteiger partial charge in [-0.1, -0.05) is 48.5 Å². The van der Waals surface area contributed by atoms with Crippen LogP contribution in [-0.4, -0.2) is 16.7 Å². The summed E-state index contributed by atoms with van der Waals surface area (Å²) in [5, 5.41) is 11.6. The van der Waals surface area contributed by atoms with E-state index in [0.29, 0.717) is 6.42 Å². The second-order valence-corrected chi connectivity index (χ2v) is 4.90. The SMILES string of the molecule is OCCc1ccccc1Cc1nccc2ccccc12. The number of pyridine rings is 1. The second kappa shape index (κ2) is 5.85. The molecule has 0 fully saturated rings. The van der Waals surface area contributed by atoms with Crippen molar-refractivity contribution in [3.63, 3.8) is 0 Å². The van der Waals surface area contributed by atoms with Crippen LogP contribution in [0.1, 0.15) is 16.8 Å². The maximum absolute atomic E-state index is 9.17. The lowest BCUT2D eigenvalue weighted by Crippen LogP contribution is -2.00. The molecule has 20 heavy (non-hydrogen) atoms. The number of aromatic nitrogens is 1. The Morgan fingerprint density at radius 3 is 2.45 bits per heavy atom. The molecule has 0 amide bonds. The Bertz CT molecular complexity index is 716. The predicted octanol–water partition coefficient (Wildman–Crippen LogP) is 3.36. The topological polar surface area (TPSA) is 33.1 Å². The summed E-state index contributed by atoms with van der Waals surface area (Å²) in [6.07, 6.45) is 3.37. The molecule has 0 bridgehead atoms. The normalized spacial score (nSPS) is 10.8. The minimum absolute atomic E-state index is 0.181. The number of nitrogens with zero attached hydrogens (tertiary/aromatic N) is 1. The maximum Gasteiger partial charge on any atom is 0.0525 e. The quantitative estimate of drug-likeness (QED) is 0.783. The molecule has 3 rings (SSSR count). The van der Waals surface area contributed by atoms with Gasteiger partial charge in [0.25, 0.3) is 0 Å². The maximum atomic E-state index is 9.17. The first-order valence-corrected chi connectivity index (χ1v) is 6.89. The lowest BCUT2D eigenvalue weighted by atomic mass is 9.98. The molecule has 0 aliphatic carbocycles. The van der Waals surface area contributed by atoms with E-state index in [1.165, 1.54) is 21.9 Å². The summed E-state index contributed by atoms with van der Waals surface area (Å²) in [6, 6.07) is 18.6. The van der Waals surface area contributed by atoms with Crippen LogP contribution in [0, 0.1) is 0 Å². The van der Waals surface area contributed by atoms with Crippen LogP contribution in [0.25, 0.3) is 10.8 Å². The monoisotopic (exact) mass is 263 g/mol. The highest BCUT2D eigenvalue weighted by molar-refractivity contribution is 5.84. The van der Waals surface area contributed by atoms with Gasteiger partial charge in [0.15, 0.2) is 0 Å². The van der Waals surface area contributed by atoms with Gasteiger partial charge in [0.05, 0.1) is 5.69 Å². The first-order valence-electron chi connectivity index (χ1n) is 6.89. The van der Waals surface area contributed by atoms with E-state index < -0.39 is 0 Å². The van der Waals surface area contributed by atoms with Crippen molar-refractivity contribution in [3.8, 4) is 0 Å². The van der Waals surface area contributed by atoms with Crippen molar-refractivity contribution in [2.45, 2.75) is 12.8 Å². The van der Waals surface area contributed by atoms with Crippen LogP contribution >= 0.6 is 0 Å². The van der Waals surface area contributed by atoms with Gasteiger partial charge in [0.2, 0.25) is 0 Å². The number of hydrogen-bond donors (Lipinski definition) is 1. The summed E-state index contributed by atoms with van der Waals surface area (Å²) in [7, 11) is 0. The zero-order valence-electron chi connectivity index (χ0n) is 11.3. The molecule has 0 radical (unpaired) electrons. The van der Waals surface area contributed by atoms with Gasteiger partial charge >= 0.3 is 0 Å². The first-order chi connectivity index (χ1) is 9.88. The summed E-state index contributed by atoms with van der Waals surface area (Å²) in [4.78, 5) is 4.54. The third-order valence-electron chi connectivity index (χ3n) is 3.61. The molecule has 2 aromatic carbocycles.